The van der Waals surface area contributed by atoms with Crippen molar-refractivity contribution >= 4 is 5.96 Å². The minimum absolute atomic E-state index is 0.0942. The molecule has 0 aromatic heterocycles. The van der Waals surface area contributed by atoms with Gasteiger partial charge in [0.1, 0.15) is 0 Å². The van der Waals surface area contributed by atoms with Gasteiger partial charge >= 0.3 is 0 Å². The summed E-state index contributed by atoms with van der Waals surface area (Å²) in [4.78, 5) is 4.56. The maximum absolute atomic E-state index is 9.47. The van der Waals surface area contributed by atoms with Crippen LogP contribution in [0.5, 0.6) is 0 Å². The Labute approximate surface area is 105 Å². The van der Waals surface area contributed by atoms with Crippen molar-refractivity contribution in [2.24, 2.45) is 10.9 Å². The van der Waals surface area contributed by atoms with E-state index in [9.17, 15) is 5.11 Å². The Morgan fingerprint density at radius 3 is 2.47 bits per heavy atom. The van der Waals surface area contributed by atoms with Gasteiger partial charge in [0.2, 0.25) is 0 Å². The minimum Gasteiger partial charge on any atom is -0.393 e. The molecule has 0 unspecified atom stereocenters. The van der Waals surface area contributed by atoms with Crippen molar-refractivity contribution in [2.45, 2.75) is 58.6 Å². The van der Waals surface area contributed by atoms with Gasteiger partial charge in [-0.2, -0.15) is 0 Å². The van der Waals surface area contributed by atoms with Gasteiger partial charge < -0.3 is 15.7 Å². The zero-order valence-corrected chi connectivity index (χ0v) is 11.4. The lowest BCUT2D eigenvalue weighted by Crippen LogP contribution is -2.45. The van der Waals surface area contributed by atoms with Crippen LogP contribution < -0.4 is 10.6 Å². The Balaban J connectivity index is 2.40. The molecule has 1 rings (SSSR count). The first-order chi connectivity index (χ1) is 8.11. The van der Waals surface area contributed by atoms with Crippen molar-refractivity contribution in [3.8, 4) is 0 Å². The first-order valence-corrected chi connectivity index (χ1v) is 6.84. The predicted octanol–water partition coefficient (Wildman–Crippen LogP) is 1.50. The maximum atomic E-state index is 9.47. The number of nitrogens with one attached hydrogen (secondary N) is 2. The van der Waals surface area contributed by atoms with E-state index in [1.54, 1.807) is 0 Å². The molecule has 17 heavy (non-hydrogen) atoms. The molecular weight excluding hydrogens is 214 g/mol. The Hall–Kier alpha value is -0.770. The second-order valence-electron chi connectivity index (χ2n) is 5.26. The van der Waals surface area contributed by atoms with E-state index in [-0.39, 0.29) is 6.10 Å². The number of aliphatic imine (C=N–C) groups is 1. The first kappa shape index (κ1) is 14.3. The molecule has 1 saturated carbocycles. The lowest BCUT2D eigenvalue weighted by atomic mass is 9.93. The third-order valence-corrected chi connectivity index (χ3v) is 3.00. The highest BCUT2D eigenvalue weighted by Crippen LogP contribution is 2.18. The zero-order chi connectivity index (χ0) is 12.7. The van der Waals surface area contributed by atoms with Crippen LogP contribution in [0.25, 0.3) is 0 Å². The minimum atomic E-state index is -0.0942. The third kappa shape index (κ3) is 5.91. The number of rotatable bonds is 4. The lowest BCUT2D eigenvalue weighted by Gasteiger charge is -2.27. The SMILES string of the molecule is CCNC(=NCC(C)C)NC1CCC(O)CC1. The van der Waals surface area contributed by atoms with Gasteiger partial charge in [-0.3, -0.25) is 4.99 Å². The van der Waals surface area contributed by atoms with Crippen LogP contribution in [-0.2, 0) is 0 Å². The van der Waals surface area contributed by atoms with Crippen molar-refractivity contribution in [3.63, 3.8) is 0 Å². The summed E-state index contributed by atoms with van der Waals surface area (Å²) in [6.07, 6.45) is 3.78. The van der Waals surface area contributed by atoms with Crippen molar-refractivity contribution in [2.75, 3.05) is 13.1 Å². The van der Waals surface area contributed by atoms with E-state index in [1.807, 2.05) is 0 Å². The monoisotopic (exact) mass is 241 g/mol. The van der Waals surface area contributed by atoms with E-state index in [1.165, 1.54) is 0 Å². The molecule has 0 bridgehead atoms. The van der Waals surface area contributed by atoms with Gasteiger partial charge in [-0.05, 0) is 38.5 Å². The fourth-order valence-corrected chi connectivity index (χ4v) is 2.01. The van der Waals surface area contributed by atoms with Crippen molar-refractivity contribution in [3.05, 3.63) is 0 Å². The van der Waals surface area contributed by atoms with Gasteiger partial charge in [0.15, 0.2) is 5.96 Å². The molecule has 0 radical (unpaired) electrons. The topological polar surface area (TPSA) is 56.7 Å². The Morgan fingerprint density at radius 2 is 1.94 bits per heavy atom. The summed E-state index contributed by atoms with van der Waals surface area (Å²) in [5.74, 6) is 1.50. The van der Waals surface area contributed by atoms with Crippen LogP contribution in [0.4, 0.5) is 0 Å². The average Bonchev–Trinajstić information content (AvgIpc) is 2.29. The summed E-state index contributed by atoms with van der Waals surface area (Å²) >= 11 is 0. The summed E-state index contributed by atoms with van der Waals surface area (Å²) in [6, 6.07) is 0.461. The predicted molar refractivity (Wildman–Crippen MR) is 72.2 cm³/mol. The highest BCUT2D eigenvalue weighted by molar-refractivity contribution is 5.80. The molecule has 0 aromatic carbocycles. The molecule has 0 spiro atoms. The van der Waals surface area contributed by atoms with E-state index in [0.29, 0.717) is 12.0 Å². The molecule has 1 fully saturated rings. The van der Waals surface area contributed by atoms with Crippen molar-refractivity contribution in [1.29, 1.82) is 0 Å². The van der Waals surface area contributed by atoms with Gasteiger partial charge in [0, 0.05) is 19.1 Å². The molecule has 1 aliphatic carbocycles. The van der Waals surface area contributed by atoms with Crippen LogP contribution in [0.1, 0.15) is 46.5 Å². The Kier molecular flexibility index (Phi) is 6.34. The number of aliphatic hydroxyl groups excluding tert-OH is 1. The molecular formula is C13H27N3O. The fraction of sp³-hybridized carbons (Fsp3) is 0.923. The number of hydrogen-bond donors (Lipinski definition) is 3. The summed E-state index contributed by atoms with van der Waals surface area (Å²) in [7, 11) is 0. The Bertz CT molecular complexity index is 233. The van der Waals surface area contributed by atoms with E-state index in [4.69, 9.17) is 0 Å². The number of aliphatic hydroxyl groups is 1. The summed E-state index contributed by atoms with van der Waals surface area (Å²) in [5, 5.41) is 16.2. The van der Waals surface area contributed by atoms with Gasteiger partial charge in [0.25, 0.3) is 0 Å². The Morgan fingerprint density at radius 1 is 1.29 bits per heavy atom. The largest absolute Gasteiger partial charge is 0.393 e. The van der Waals surface area contributed by atoms with Crippen LogP contribution in [0.3, 0.4) is 0 Å². The molecule has 4 heteroatoms. The molecule has 3 N–H and O–H groups in total. The summed E-state index contributed by atoms with van der Waals surface area (Å²) < 4.78 is 0. The number of guanidine groups is 1. The van der Waals surface area contributed by atoms with E-state index in [2.05, 4.69) is 36.4 Å². The molecule has 0 atom stereocenters. The molecule has 0 aliphatic heterocycles. The molecule has 0 heterocycles. The normalized spacial score (nSPS) is 26.1. The standard InChI is InChI=1S/C13H27N3O/c1-4-14-13(15-9-10(2)3)16-11-5-7-12(17)8-6-11/h10-12,17H,4-9H2,1-3H3,(H2,14,15,16). The van der Waals surface area contributed by atoms with E-state index in [0.717, 1.165) is 44.7 Å². The smallest absolute Gasteiger partial charge is 0.191 e. The first-order valence-electron chi connectivity index (χ1n) is 6.84. The molecule has 0 saturated heterocycles. The number of hydrogen-bond acceptors (Lipinski definition) is 2. The van der Waals surface area contributed by atoms with Crippen molar-refractivity contribution in [1.82, 2.24) is 10.6 Å². The molecule has 0 aromatic rings. The van der Waals surface area contributed by atoms with Gasteiger partial charge in [0.05, 0.1) is 6.10 Å². The van der Waals surface area contributed by atoms with Crippen LogP contribution in [0, 0.1) is 5.92 Å². The van der Waals surface area contributed by atoms with E-state index >= 15 is 0 Å². The lowest BCUT2D eigenvalue weighted by molar-refractivity contribution is 0.120. The second-order valence-corrected chi connectivity index (χ2v) is 5.26. The van der Waals surface area contributed by atoms with E-state index < -0.39 is 0 Å². The highest BCUT2D eigenvalue weighted by atomic mass is 16.3. The molecule has 1 aliphatic rings. The van der Waals surface area contributed by atoms with Crippen molar-refractivity contribution < 1.29 is 5.11 Å². The molecule has 100 valence electrons. The maximum Gasteiger partial charge on any atom is 0.191 e. The fourth-order valence-electron chi connectivity index (χ4n) is 2.01. The zero-order valence-electron chi connectivity index (χ0n) is 11.4. The average molecular weight is 241 g/mol. The van der Waals surface area contributed by atoms with Crippen LogP contribution in [-0.4, -0.2) is 36.3 Å². The van der Waals surface area contributed by atoms with Gasteiger partial charge in [-0.15, -0.1) is 0 Å². The summed E-state index contributed by atoms with van der Waals surface area (Å²) in [6.45, 7) is 8.16. The van der Waals surface area contributed by atoms with Crippen LogP contribution >= 0.6 is 0 Å². The number of nitrogens with zero attached hydrogens (tertiary/aromatic N) is 1. The van der Waals surface area contributed by atoms with Gasteiger partial charge in [-0.25, -0.2) is 0 Å². The van der Waals surface area contributed by atoms with Crippen LogP contribution in [0.15, 0.2) is 4.99 Å². The second kappa shape index (κ2) is 7.54. The highest BCUT2D eigenvalue weighted by Gasteiger charge is 2.19. The molecule has 4 nitrogen and oxygen atoms in total. The third-order valence-electron chi connectivity index (χ3n) is 3.00. The quantitative estimate of drug-likeness (QED) is 0.516. The summed E-state index contributed by atoms with van der Waals surface area (Å²) in [5.41, 5.74) is 0. The van der Waals surface area contributed by atoms with Crippen LogP contribution in [0.2, 0.25) is 0 Å². The van der Waals surface area contributed by atoms with Gasteiger partial charge in [-0.1, -0.05) is 13.8 Å². The molecule has 0 amide bonds.